The van der Waals surface area contributed by atoms with Gasteiger partial charge in [0.25, 0.3) is 0 Å². The van der Waals surface area contributed by atoms with Crippen LogP contribution in [-0.2, 0) is 71.2 Å². The number of nitriles is 3. The number of halogens is 2. The van der Waals surface area contributed by atoms with Gasteiger partial charge in [0.2, 0.25) is 23.6 Å². The Morgan fingerprint density at radius 2 is 0.633 bits per heavy atom. The van der Waals surface area contributed by atoms with Crippen molar-refractivity contribution >= 4 is 47.5 Å². The maximum Gasteiger partial charge on any atom is 0.329 e. The Bertz CT molecular complexity index is 5220. The number of likely N-dealkylation sites (tertiary alicyclic amines) is 4. The molecule has 0 radical (unpaired) electrons. The van der Waals surface area contributed by atoms with Crippen molar-refractivity contribution in [1.82, 2.24) is 19.6 Å². The van der Waals surface area contributed by atoms with Gasteiger partial charge in [-0.1, -0.05) is 116 Å². The maximum absolute atomic E-state index is 13.7. The van der Waals surface area contributed by atoms with Crippen LogP contribution in [0.15, 0.2) is 127 Å². The number of aryl methyl sites for hydroxylation is 1. The van der Waals surface area contributed by atoms with Crippen molar-refractivity contribution in [1.29, 1.82) is 15.8 Å². The van der Waals surface area contributed by atoms with E-state index in [1.54, 1.807) is 17.0 Å². The van der Waals surface area contributed by atoms with Gasteiger partial charge in [-0.05, 0) is 373 Å². The molecule has 21 nitrogen and oxygen atoms in total. The molecule has 5 N–H and O–H groups in total. The van der Waals surface area contributed by atoms with Crippen molar-refractivity contribution < 1.29 is 77.4 Å². The molecule has 4 saturated heterocycles. The van der Waals surface area contributed by atoms with Crippen LogP contribution in [0.25, 0.3) is 0 Å². The first-order valence-corrected chi connectivity index (χ1v) is 50.9. The SMILES string of the molecule is C.C.C.C.C.N#Cc1ccc(C2(CC(=O)N3CC(C#N)C3)C3CC4CC(C3)CC2C4)cc1.N#Cc1ccc(C2(CC(=O)N3CC(O)C3)C3CC4CC(C3)CC2C4)cc1.O=C(O)CC1(CCc2ccccc2)C2CC3CC(C2)CC1C3.O=C(O)COC1CN(C(=O)CC2(c3ccc(F)cc3)C3CC4CC(C3)CC2C4)C1.O=C(O)[C@@H]1C[C@@H](C(=O)O)N1C(=O)CC1(c2ccc(F)cc2)C2CC3CC(C2)CC1C3. The molecule has 2 atom stereocenters. The number of carbonyl (C=O) groups excluding carboxylic acids is 4. The summed E-state index contributed by atoms with van der Waals surface area (Å²) in [6.07, 6.45) is 34.5. The van der Waals surface area contributed by atoms with Gasteiger partial charge >= 0.3 is 23.9 Å². The fourth-order valence-electron chi connectivity index (χ4n) is 34.1. The molecule has 23 heteroatoms. The fourth-order valence-corrected chi connectivity index (χ4v) is 34.1. The first kappa shape index (κ1) is 103. The second kappa shape index (κ2) is 41.6. The standard InChI is InChI=1S/C23H26FNO5.C23H28FNO4.C23H25N3O.C22H26N2O2.C20H26O2.5CH4/c24-17-3-1-14(2-4-17)23(15-6-12-5-13(8-15)9-16(23)7-12)11-20(26)25-18(21(27)28)10-19(25)22(29)30;24-19-3-1-16(2-4-19)23(17-6-14-5-15(8-17)9-18(23)7-14)10-21(26)25-11-20(12-25)29-13-22(27)28;24-11-15-1-3-19(4-2-15)23(10-22(27)26-13-18(12-25)14-26)20-6-16-5-17(8-20)9-21(23)7-16;23-11-14-1-3-17(4-2-14)22(10-21(26)24-12-20(25)13-24)18-6-15-5-16(8-18)9-19(22)7-15;21-19(22)13-20(7-6-14-4-2-1-3-5-14)17-9-15-8-16(11-17)12-18(20)10-15;;;;;/h1-4,12-13,15-16,18-19H,5-11H2,(H,27,28)(H,29,30);1-4,14-15,17-18,20H,5-13H2,(H,27,28);1-4,16-18,20-21H,5-10,13-14H2;1-4,15-16,18-20,25H,5-10,12-13H2;1-5,15-18H,6-13H2,(H,21,22);5*1H4/t12?,13?,15?,16?,18-,19-,23?;;;;;;;;;/m0........./s1. The highest BCUT2D eigenvalue weighted by Gasteiger charge is 2.66. The predicted molar refractivity (Wildman–Crippen MR) is 525 cm³/mol. The van der Waals surface area contributed by atoms with Gasteiger partial charge in [0.05, 0.1) is 53.9 Å². The Morgan fingerprint density at radius 1 is 0.345 bits per heavy atom. The molecule has 20 saturated carbocycles. The molecule has 5 aromatic carbocycles. The molecule has 748 valence electrons. The predicted octanol–water partition coefficient (Wildman–Crippen LogP) is 20.5. The van der Waals surface area contributed by atoms with Crippen LogP contribution < -0.4 is 0 Å². The lowest BCUT2D eigenvalue weighted by atomic mass is 9.43. The Hall–Kier alpha value is -9.89. The number of aliphatic hydroxyl groups is 1. The molecule has 0 spiro atoms. The van der Waals surface area contributed by atoms with E-state index in [1.165, 1.54) is 176 Å². The molecule has 4 amide bonds. The molecule has 24 aliphatic rings. The second-order valence-electron chi connectivity index (χ2n) is 46.0. The Kier molecular flexibility index (Phi) is 31.0. The minimum Gasteiger partial charge on any atom is -0.481 e. The van der Waals surface area contributed by atoms with Crippen molar-refractivity contribution in [3.05, 3.63) is 178 Å². The van der Waals surface area contributed by atoms with E-state index in [4.69, 9.17) is 20.4 Å². The lowest BCUT2D eigenvalue weighted by molar-refractivity contribution is -0.174. The monoisotopic (exact) mass is 1900 g/mol. The van der Waals surface area contributed by atoms with E-state index < -0.39 is 47.3 Å². The average molecular weight is 1910 g/mol. The third-order valence-corrected chi connectivity index (χ3v) is 39.2. The number of hydrogen-bond acceptors (Lipinski definition) is 13. The summed E-state index contributed by atoms with van der Waals surface area (Å²) in [6, 6.07) is 44.5. The average Bonchev–Trinajstić information content (AvgIpc) is 0.698. The van der Waals surface area contributed by atoms with Crippen LogP contribution in [0, 0.1) is 175 Å². The number of hydrogen-bond donors (Lipinski definition) is 5. The summed E-state index contributed by atoms with van der Waals surface area (Å²) in [5.74, 6) is 9.04. The van der Waals surface area contributed by atoms with Crippen molar-refractivity contribution in [3.8, 4) is 18.2 Å². The number of β-amino-alcohol motifs (C(OH)–C–C–N with tert-alkyl or cyclic N) is 1. The first-order chi connectivity index (χ1) is 64.6. The minimum atomic E-state index is -1.17. The number of carboxylic acid groups (broad SMARTS) is 4. The van der Waals surface area contributed by atoms with Gasteiger partial charge < -0.3 is 49.9 Å². The number of carbonyl (C=O) groups is 8. The number of aliphatic hydroxyl groups excluding tert-OH is 1. The van der Waals surface area contributed by atoms with Crippen molar-refractivity contribution in [2.75, 3.05) is 45.9 Å². The van der Waals surface area contributed by atoms with Crippen molar-refractivity contribution in [2.45, 2.75) is 295 Å². The Morgan fingerprint density at radius 3 is 0.914 bits per heavy atom. The van der Waals surface area contributed by atoms with Gasteiger partial charge in [0.15, 0.2) is 0 Å². The smallest absolute Gasteiger partial charge is 0.329 e. The summed E-state index contributed by atoms with van der Waals surface area (Å²) >= 11 is 0. The highest BCUT2D eigenvalue weighted by atomic mass is 19.1. The van der Waals surface area contributed by atoms with Gasteiger partial charge in [-0.15, -0.1) is 0 Å². The summed E-state index contributed by atoms with van der Waals surface area (Å²) in [4.78, 5) is 105. The zero-order valence-corrected chi connectivity index (χ0v) is 77.1. The molecule has 139 heavy (non-hydrogen) atoms. The molecule has 24 fully saturated rings. The Labute approximate surface area is 822 Å². The first-order valence-electron chi connectivity index (χ1n) is 50.9. The molecule has 29 rings (SSSR count). The summed E-state index contributed by atoms with van der Waals surface area (Å²) in [7, 11) is 0. The van der Waals surface area contributed by atoms with Crippen LogP contribution in [0.3, 0.4) is 0 Å². The lowest BCUT2D eigenvalue weighted by Gasteiger charge is -2.62. The third-order valence-electron chi connectivity index (χ3n) is 39.2. The van der Waals surface area contributed by atoms with E-state index in [9.17, 15) is 72.8 Å². The van der Waals surface area contributed by atoms with Crippen LogP contribution in [-0.4, -0.2) is 163 Å². The molecular formula is C116H151F2N7O14. The van der Waals surface area contributed by atoms with E-state index in [0.717, 1.165) is 102 Å². The van der Waals surface area contributed by atoms with Gasteiger partial charge in [-0.3, -0.25) is 24.0 Å². The molecule has 0 unspecified atom stereocenters. The second-order valence-corrected chi connectivity index (χ2v) is 46.0. The van der Waals surface area contributed by atoms with Crippen LogP contribution in [0.2, 0.25) is 0 Å². The maximum atomic E-state index is 13.7. The number of nitrogens with zero attached hydrogens (tertiary/aromatic N) is 7. The van der Waals surface area contributed by atoms with Crippen molar-refractivity contribution in [2.24, 2.45) is 130 Å². The van der Waals surface area contributed by atoms with Gasteiger partial charge in [-0.2, -0.15) is 15.8 Å². The van der Waals surface area contributed by atoms with Crippen molar-refractivity contribution in [3.63, 3.8) is 0 Å². The Balaban J connectivity index is 0.000000131. The topological polar surface area (TPSA) is 331 Å². The summed E-state index contributed by atoms with van der Waals surface area (Å²) in [6.45, 7) is 2.78. The van der Waals surface area contributed by atoms with E-state index >= 15 is 0 Å². The molecule has 20 aliphatic carbocycles. The summed E-state index contributed by atoms with van der Waals surface area (Å²) in [5.41, 5.74) is 6.59. The zero-order valence-electron chi connectivity index (χ0n) is 77.1. The number of carboxylic acids is 4. The van der Waals surface area contributed by atoms with E-state index in [2.05, 4.69) is 72.8 Å². The van der Waals surface area contributed by atoms with E-state index in [-0.39, 0.29) is 138 Å². The van der Waals surface area contributed by atoms with Gasteiger partial charge in [0.1, 0.15) is 30.3 Å². The molecule has 4 aliphatic heterocycles. The molecule has 4 heterocycles. The van der Waals surface area contributed by atoms with Crippen LogP contribution in [0.1, 0.15) is 282 Å². The van der Waals surface area contributed by atoms with E-state index in [0.29, 0.717) is 135 Å². The number of benzene rings is 5. The zero-order chi connectivity index (χ0) is 93.0. The highest BCUT2D eigenvalue weighted by Crippen LogP contribution is 2.70. The fraction of sp³-hybridized carbons (Fsp3) is 0.647. The lowest BCUT2D eigenvalue weighted by Crippen LogP contribution is -2.66. The van der Waals surface area contributed by atoms with Gasteiger partial charge in [-0.25, -0.2) is 23.2 Å². The van der Waals surface area contributed by atoms with Crippen LogP contribution >= 0.6 is 0 Å². The number of rotatable bonds is 22. The highest BCUT2D eigenvalue weighted by molar-refractivity contribution is 5.93. The number of aliphatic carboxylic acids is 4. The normalized spacial score (nSPS) is 36.3. The summed E-state index contributed by atoms with van der Waals surface area (Å²) in [5, 5.41) is 74.1. The van der Waals surface area contributed by atoms with Crippen LogP contribution in [0.4, 0.5) is 8.78 Å². The van der Waals surface area contributed by atoms with Gasteiger partial charge in [0, 0.05) is 93.0 Å². The molecule has 5 aromatic rings. The third kappa shape index (κ3) is 19.4. The molecule has 20 bridgehead atoms. The minimum absolute atomic E-state index is 0. The largest absolute Gasteiger partial charge is 0.481 e. The number of ether oxygens (including phenoxy) is 1. The molecule has 0 aromatic heterocycles. The molecular weight excluding hydrogens is 1750 g/mol. The van der Waals surface area contributed by atoms with E-state index in [1.807, 2.05) is 46.2 Å². The summed E-state index contributed by atoms with van der Waals surface area (Å²) < 4.78 is 32.6. The van der Waals surface area contributed by atoms with Crippen LogP contribution in [0.5, 0.6) is 0 Å². The quantitative estimate of drug-likeness (QED) is 0.0430. The number of amides is 4.